The maximum absolute atomic E-state index is 13.8. The highest BCUT2D eigenvalue weighted by Gasteiger charge is 2.53. The molecule has 32 heavy (non-hydrogen) atoms. The van der Waals surface area contributed by atoms with Gasteiger partial charge in [0.25, 0.3) is 0 Å². The van der Waals surface area contributed by atoms with Crippen LogP contribution in [-0.4, -0.2) is 33.8 Å². The third-order valence-corrected chi connectivity index (χ3v) is 9.04. The van der Waals surface area contributed by atoms with Gasteiger partial charge in [-0.2, -0.15) is 5.10 Å². The van der Waals surface area contributed by atoms with Gasteiger partial charge in [0.15, 0.2) is 14.6 Å². The highest BCUT2D eigenvalue weighted by Crippen LogP contribution is 2.42. The SMILES string of the molecule is Cc1ccc(C)c(S(=O)(=O)C2(C(=O)N[C@@H](C)c3ccc(-n4cncn4)cc3)CCCC2)c1. The van der Waals surface area contributed by atoms with Crippen LogP contribution in [0, 0.1) is 13.8 Å². The van der Waals surface area contributed by atoms with Crippen molar-refractivity contribution in [1.82, 2.24) is 20.1 Å². The molecule has 8 heteroatoms. The molecule has 2 aromatic carbocycles. The Balaban J connectivity index is 1.60. The van der Waals surface area contributed by atoms with E-state index in [0.717, 1.165) is 29.7 Å². The van der Waals surface area contributed by atoms with Crippen LogP contribution >= 0.6 is 0 Å². The summed E-state index contributed by atoms with van der Waals surface area (Å²) in [4.78, 5) is 17.7. The molecule has 0 saturated heterocycles. The lowest BCUT2D eigenvalue weighted by molar-refractivity contribution is -0.124. The zero-order valence-corrected chi connectivity index (χ0v) is 19.4. The van der Waals surface area contributed by atoms with Gasteiger partial charge in [-0.15, -0.1) is 0 Å². The molecule has 1 aromatic heterocycles. The average Bonchev–Trinajstić information content (AvgIpc) is 3.48. The molecule has 1 atom stereocenters. The van der Waals surface area contributed by atoms with E-state index in [9.17, 15) is 13.2 Å². The number of aromatic nitrogens is 3. The van der Waals surface area contributed by atoms with Gasteiger partial charge in [-0.3, -0.25) is 4.79 Å². The molecule has 0 spiro atoms. The Hall–Kier alpha value is -3.00. The van der Waals surface area contributed by atoms with Crippen molar-refractivity contribution in [2.45, 2.75) is 62.1 Å². The third-order valence-electron chi connectivity index (χ3n) is 6.40. The largest absolute Gasteiger partial charge is 0.348 e. The number of benzene rings is 2. The molecular formula is C24H28N4O3S. The average molecular weight is 453 g/mol. The van der Waals surface area contributed by atoms with E-state index < -0.39 is 20.5 Å². The lowest BCUT2D eigenvalue weighted by Gasteiger charge is -2.30. The van der Waals surface area contributed by atoms with E-state index in [1.54, 1.807) is 24.0 Å². The maximum atomic E-state index is 13.8. The van der Waals surface area contributed by atoms with Crippen LogP contribution in [0.25, 0.3) is 5.69 Å². The molecule has 0 bridgehead atoms. The van der Waals surface area contributed by atoms with Gasteiger partial charge in [0.05, 0.1) is 16.6 Å². The quantitative estimate of drug-likeness (QED) is 0.613. The topological polar surface area (TPSA) is 94.0 Å². The number of carbonyl (C=O) groups is 1. The number of hydrogen-bond donors (Lipinski definition) is 1. The zero-order chi connectivity index (χ0) is 22.9. The van der Waals surface area contributed by atoms with Gasteiger partial charge in [0.2, 0.25) is 5.91 Å². The van der Waals surface area contributed by atoms with E-state index in [4.69, 9.17) is 0 Å². The molecule has 1 heterocycles. The Bertz CT molecular complexity index is 1210. The van der Waals surface area contributed by atoms with E-state index in [0.29, 0.717) is 18.4 Å². The number of rotatable bonds is 6. The van der Waals surface area contributed by atoms with E-state index in [-0.39, 0.29) is 10.9 Å². The van der Waals surface area contributed by atoms with Crippen molar-refractivity contribution in [3.05, 3.63) is 71.8 Å². The van der Waals surface area contributed by atoms with Gasteiger partial charge in [-0.05, 0) is 68.5 Å². The summed E-state index contributed by atoms with van der Waals surface area (Å²) in [7, 11) is -3.85. The van der Waals surface area contributed by atoms with Crippen molar-refractivity contribution in [2.75, 3.05) is 0 Å². The molecule has 3 aromatic rings. The highest BCUT2D eigenvalue weighted by atomic mass is 32.2. The molecule has 1 saturated carbocycles. The van der Waals surface area contributed by atoms with E-state index in [1.165, 1.54) is 6.33 Å². The number of amides is 1. The first kappa shape index (κ1) is 22.2. The van der Waals surface area contributed by atoms with Crippen LogP contribution in [-0.2, 0) is 14.6 Å². The predicted molar refractivity (Wildman–Crippen MR) is 122 cm³/mol. The number of carbonyl (C=O) groups excluding carboxylic acids is 1. The van der Waals surface area contributed by atoms with Gasteiger partial charge in [-0.1, -0.05) is 37.1 Å². The van der Waals surface area contributed by atoms with E-state index in [1.807, 2.05) is 50.2 Å². The Morgan fingerprint density at radius 3 is 2.41 bits per heavy atom. The van der Waals surface area contributed by atoms with Gasteiger partial charge in [0.1, 0.15) is 12.7 Å². The molecule has 7 nitrogen and oxygen atoms in total. The first-order valence-electron chi connectivity index (χ1n) is 10.8. The van der Waals surface area contributed by atoms with Crippen LogP contribution in [0.3, 0.4) is 0 Å². The Labute approximate surface area is 188 Å². The summed E-state index contributed by atoms with van der Waals surface area (Å²) >= 11 is 0. The second kappa shape index (κ2) is 8.50. The number of nitrogens with zero attached hydrogens (tertiary/aromatic N) is 3. The van der Waals surface area contributed by atoms with Crippen molar-refractivity contribution in [2.24, 2.45) is 0 Å². The normalized spacial score (nSPS) is 16.6. The summed E-state index contributed by atoms with van der Waals surface area (Å²) in [5.41, 5.74) is 3.28. The molecule has 1 aliphatic rings. The molecule has 1 N–H and O–H groups in total. The van der Waals surface area contributed by atoms with E-state index in [2.05, 4.69) is 15.4 Å². The predicted octanol–water partition coefficient (Wildman–Crippen LogP) is 3.85. The van der Waals surface area contributed by atoms with Crippen molar-refractivity contribution < 1.29 is 13.2 Å². The molecule has 1 aliphatic carbocycles. The fourth-order valence-electron chi connectivity index (χ4n) is 4.44. The molecule has 168 valence electrons. The lowest BCUT2D eigenvalue weighted by atomic mass is 10.0. The van der Waals surface area contributed by atoms with Crippen LogP contribution in [0.1, 0.15) is 55.3 Å². The number of aryl methyl sites for hydroxylation is 2. The van der Waals surface area contributed by atoms with Crippen molar-refractivity contribution in [3.8, 4) is 5.69 Å². The van der Waals surface area contributed by atoms with Crippen LogP contribution in [0.15, 0.2) is 60.0 Å². The summed E-state index contributed by atoms with van der Waals surface area (Å²) in [6, 6.07) is 12.6. The van der Waals surface area contributed by atoms with Gasteiger partial charge >= 0.3 is 0 Å². The molecule has 0 aliphatic heterocycles. The highest BCUT2D eigenvalue weighted by molar-refractivity contribution is 7.93. The van der Waals surface area contributed by atoms with Gasteiger partial charge in [-0.25, -0.2) is 18.1 Å². The fraction of sp³-hybridized carbons (Fsp3) is 0.375. The van der Waals surface area contributed by atoms with Crippen molar-refractivity contribution in [1.29, 1.82) is 0 Å². The zero-order valence-electron chi connectivity index (χ0n) is 18.6. The van der Waals surface area contributed by atoms with Crippen molar-refractivity contribution >= 4 is 15.7 Å². The second-order valence-corrected chi connectivity index (χ2v) is 10.8. The summed E-state index contributed by atoms with van der Waals surface area (Å²) in [6.45, 7) is 5.52. The Morgan fingerprint density at radius 1 is 1.09 bits per heavy atom. The van der Waals surface area contributed by atoms with Gasteiger partial charge in [0, 0.05) is 0 Å². The lowest BCUT2D eigenvalue weighted by Crippen LogP contribution is -2.51. The second-order valence-electron chi connectivity index (χ2n) is 8.60. The van der Waals surface area contributed by atoms with Crippen LogP contribution < -0.4 is 5.32 Å². The Morgan fingerprint density at radius 2 is 1.78 bits per heavy atom. The third kappa shape index (κ3) is 3.83. The number of sulfone groups is 1. The Kier molecular flexibility index (Phi) is 5.90. The number of nitrogens with one attached hydrogen (secondary N) is 1. The van der Waals surface area contributed by atoms with Crippen LogP contribution in [0.4, 0.5) is 0 Å². The first-order valence-corrected chi connectivity index (χ1v) is 12.3. The maximum Gasteiger partial charge on any atom is 0.242 e. The minimum absolute atomic E-state index is 0.263. The first-order chi connectivity index (χ1) is 15.2. The summed E-state index contributed by atoms with van der Waals surface area (Å²) in [5, 5.41) is 7.10. The smallest absolute Gasteiger partial charge is 0.242 e. The van der Waals surface area contributed by atoms with Crippen LogP contribution in [0.5, 0.6) is 0 Å². The van der Waals surface area contributed by atoms with Crippen molar-refractivity contribution in [3.63, 3.8) is 0 Å². The monoisotopic (exact) mass is 452 g/mol. The number of hydrogen-bond acceptors (Lipinski definition) is 5. The molecular weight excluding hydrogens is 424 g/mol. The molecule has 1 amide bonds. The minimum atomic E-state index is -3.85. The van der Waals surface area contributed by atoms with E-state index >= 15 is 0 Å². The molecule has 1 fully saturated rings. The summed E-state index contributed by atoms with van der Waals surface area (Å²) < 4.78 is 27.8. The van der Waals surface area contributed by atoms with Crippen LogP contribution in [0.2, 0.25) is 0 Å². The molecule has 0 radical (unpaired) electrons. The molecule has 0 unspecified atom stereocenters. The molecule has 4 rings (SSSR count). The summed E-state index contributed by atoms with van der Waals surface area (Å²) in [6.07, 6.45) is 5.20. The minimum Gasteiger partial charge on any atom is -0.348 e. The standard InChI is InChI=1S/C24H28N4O3S/c1-17-6-7-18(2)22(14-17)32(30,31)24(12-4-5-13-24)23(29)27-19(3)20-8-10-21(11-9-20)28-16-25-15-26-28/h6-11,14-16,19H,4-5,12-13H2,1-3H3,(H,27,29)/t19-/m0/s1. The fourth-order valence-corrected chi connectivity index (χ4v) is 6.82. The van der Waals surface area contributed by atoms with Gasteiger partial charge < -0.3 is 5.32 Å². The summed E-state index contributed by atoms with van der Waals surface area (Å²) in [5.74, 6) is -0.413.